The number of aryl methyl sites for hydroxylation is 1. The third kappa shape index (κ3) is 5.92. The number of hydrogen-bond acceptors (Lipinski definition) is 3. The maximum atomic E-state index is 12.5. The first-order valence-electron chi connectivity index (χ1n) is 8.38. The van der Waals surface area contributed by atoms with Crippen LogP contribution in [0.25, 0.3) is 0 Å². The Morgan fingerprint density at radius 1 is 1.28 bits per heavy atom. The van der Waals surface area contributed by atoms with Gasteiger partial charge in [-0.05, 0) is 43.0 Å². The van der Waals surface area contributed by atoms with Crippen LogP contribution in [0.5, 0.6) is 5.75 Å². The third-order valence-corrected chi connectivity index (χ3v) is 3.83. The summed E-state index contributed by atoms with van der Waals surface area (Å²) in [4.78, 5) is 18.4. The number of anilines is 1. The van der Waals surface area contributed by atoms with Crippen LogP contribution in [0.1, 0.15) is 18.4 Å². The molecule has 4 heteroatoms. The van der Waals surface area contributed by atoms with E-state index >= 15 is 0 Å². The second kappa shape index (κ2) is 10.1. The number of allylic oxidation sites excluding steroid dienone is 2. The normalized spacial score (nSPS) is 10.6. The molecule has 1 heterocycles. The Balaban J connectivity index is 2.02. The maximum Gasteiger partial charge on any atom is 0.250 e. The molecule has 130 valence electrons. The molecule has 0 saturated heterocycles. The first-order valence-corrected chi connectivity index (χ1v) is 8.38. The Morgan fingerprint density at radius 2 is 2.16 bits per heavy atom. The molecule has 0 atom stereocenters. The van der Waals surface area contributed by atoms with Crippen LogP contribution in [0.3, 0.4) is 0 Å². The highest BCUT2D eigenvalue weighted by molar-refractivity contribution is 6.01. The Kier molecular flexibility index (Phi) is 7.44. The first kappa shape index (κ1) is 18.5. The summed E-state index contributed by atoms with van der Waals surface area (Å²) in [6.45, 7) is 4.26. The molecular weight excluding hydrogens is 312 g/mol. The van der Waals surface area contributed by atoms with E-state index in [0.29, 0.717) is 6.54 Å². The molecule has 0 fully saturated rings. The van der Waals surface area contributed by atoms with E-state index in [4.69, 9.17) is 4.74 Å². The maximum absolute atomic E-state index is 12.5. The molecule has 0 radical (unpaired) electrons. The molecular formula is C21H24N2O2. The minimum absolute atomic E-state index is 0.0606. The number of carbonyl (C=O) groups excluding carboxylic acids is 1. The van der Waals surface area contributed by atoms with E-state index in [2.05, 4.69) is 17.6 Å². The van der Waals surface area contributed by atoms with Gasteiger partial charge in [-0.2, -0.15) is 0 Å². The summed E-state index contributed by atoms with van der Waals surface area (Å²) in [5, 5.41) is 0. The van der Waals surface area contributed by atoms with Crippen LogP contribution in [0.4, 0.5) is 5.69 Å². The topological polar surface area (TPSA) is 42.4 Å². The first-order chi connectivity index (χ1) is 12.2. The summed E-state index contributed by atoms with van der Waals surface area (Å²) in [5.74, 6) is 0.674. The molecule has 4 nitrogen and oxygen atoms in total. The molecule has 1 aromatic carbocycles. The number of unbranched alkanes of at least 4 members (excludes halogenated alkanes) is 1. The number of methoxy groups -OCH3 is 1. The van der Waals surface area contributed by atoms with Gasteiger partial charge < -0.3 is 9.64 Å². The van der Waals surface area contributed by atoms with Gasteiger partial charge in [0.25, 0.3) is 5.91 Å². The highest BCUT2D eigenvalue weighted by Crippen LogP contribution is 2.22. The number of ether oxygens (including phenoxy) is 1. The lowest BCUT2D eigenvalue weighted by Crippen LogP contribution is -2.30. The van der Waals surface area contributed by atoms with Gasteiger partial charge in [0.2, 0.25) is 0 Å². The van der Waals surface area contributed by atoms with Gasteiger partial charge in [-0.25, -0.2) is 0 Å². The Labute approximate surface area is 149 Å². The van der Waals surface area contributed by atoms with Gasteiger partial charge in [-0.1, -0.05) is 30.9 Å². The van der Waals surface area contributed by atoms with Crippen LogP contribution in [0.15, 0.2) is 73.6 Å². The fraction of sp³-hybridized carbons (Fsp3) is 0.238. The minimum Gasteiger partial charge on any atom is -0.497 e. The van der Waals surface area contributed by atoms with Crippen molar-refractivity contribution < 1.29 is 9.53 Å². The average Bonchev–Trinajstić information content (AvgIpc) is 2.67. The van der Waals surface area contributed by atoms with Crippen LogP contribution in [-0.2, 0) is 11.2 Å². The zero-order valence-corrected chi connectivity index (χ0v) is 14.6. The number of rotatable bonds is 9. The van der Waals surface area contributed by atoms with E-state index in [9.17, 15) is 4.79 Å². The molecule has 0 saturated carbocycles. The van der Waals surface area contributed by atoms with Gasteiger partial charge in [-0.3, -0.25) is 9.78 Å². The summed E-state index contributed by atoms with van der Waals surface area (Å²) < 4.78 is 5.27. The lowest BCUT2D eigenvalue weighted by atomic mass is 10.1. The molecule has 1 amide bonds. The number of amides is 1. The molecule has 0 aliphatic heterocycles. The zero-order chi connectivity index (χ0) is 17.9. The van der Waals surface area contributed by atoms with Crippen LogP contribution in [0, 0.1) is 0 Å². The predicted octanol–water partition coefficient (Wildman–Crippen LogP) is 4.19. The molecule has 2 rings (SSSR count). The summed E-state index contributed by atoms with van der Waals surface area (Å²) in [5.41, 5.74) is 2.05. The Hall–Kier alpha value is -2.88. The van der Waals surface area contributed by atoms with Gasteiger partial charge in [0.1, 0.15) is 5.75 Å². The molecule has 2 aromatic rings. The van der Waals surface area contributed by atoms with Crippen LogP contribution < -0.4 is 9.64 Å². The predicted molar refractivity (Wildman–Crippen MR) is 102 cm³/mol. The van der Waals surface area contributed by atoms with Crippen molar-refractivity contribution in [2.45, 2.75) is 19.3 Å². The number of hydrogen-bond donors (Lipinski definition) is 0. The zero-order valence-electron chi connectivity index (χ0n) is 14.6. The van der Waals surface area contributed by atoms with Gasteiger partial charge in [0, 0.05) is 36.8 Å². The molecule has 0 spiro atoms. The fourth-order valence-electron chi connectivity index (χ4n) is 2.53. The summed E-state index contributed by atoms with van der Waals surface area (Å²) in [6, 6.07) is 11.6. The van der Waals surface area contributed by atoms with Crippen molar-refractivity contribution in [1.29, 1.82) is 0 Å². The molecule has 25 heavy (non-hydrogen) atoms. The standard InChI is InChI=1S/C21H24N2O2/c1-3-4-13-21(24)23(19-11-7-12-20(16-19)25-2)15-6-5-9-18-10-8-14-22-17-18/h3-4,7-8,10-14,16-17H,1,5-6,9,15H2,2H3. The quantitative estimate of drug-likeness (QED) is 0.392. The van der Waals surface area contributed by atoms with Crippen molar-refractivity contribution >= 4 is 11.6 Å². The molecule has 1 aromatic heterocycles. The van der Waals surface area contributed by atoms with Gasteiger partial charge in [-0.15, -0.1) is 0 Å². The lowest BCUT2D eigenvalue weighted by Gasteiger charge is -2.22. The summed E-state index contributed by atoms with van der Waals surface area (Å²) in [6.07, 6.45) is 11.3. The van der Waals surface area contributed by atoms with Crippen molar-refractivity contribution in [3.05, 3.63) is 79.2 Å². The SMILES string of the molecule is C=CC=CC(=O)N(CCCCc1cccnc1)c1cccc(OC)c1. The summed E-state index contributed by atoms with van der Waals surface area (Å²) >= 11 is 0. The largest absolute Gasteiger partial charge is 0.497 e. The minimum atomic E-state index is -0.0606. The average molecular weight is 336 g/mol. The number of aromatic nitrogens is 1. The van der Waals surface area contributed by atoms with Crippen LogP contribution in [-0.4, -0.2) is 24.5 Å². The third-order valence-electron chi connectivity index (χ3n) is 3.83. The van der Waals surface area contributed by atoms with Gasteiger partial charge >= 0.3 is 0 Å². The fourth-order valence-corrected chi connectivity index (χ4v) is 2.53. The molecule has 0 N–H and O–H groups in total. The monoisotopic (exact) mass is 336 g/mol. The highest BCUT2D eigenvalue weighted by Gasteiger charge is 2.13. The Bertz CT molecular complexity index is 711. The van der Waals surface area contributed by atoms with Crippen molar-refractivity contribution in [3.8, 4) is 5.75 Å². The van der Waals surface area contributed by atoms with Crippen molar-refractivity contribution in [3.63, 3.8) is 0 Å². The number of pyridine rings is 1. The van der Waals surface area contributed by atoms with E-state index < -0.39 is 0 Å². The number of carbonyl (C=O) groups is 1. The van der Waals surface area contributed by atoms with Crippen molar-refractivity contribution in [1.82, 2.24) is 4.98 Å². The molecule has 0 unspecified atom stereocenters. The highest BCUT2D eigenvalue weighted by atomic mass is 16.5. The summed E-state index contributed by atoms with van der Waals surface area (Å²) in [7, 11) is 1.62. The molecule has 0 aliphatic carbocycles. The van der Waals surface area contributed by atoms with Crippen molar-refractivity contribution in [2.75, 3.05) is 18.6 Å². The Morgan fingerprint density at radius 3 is 2.88 bits per heavy atom. The molecule has 0 aliphatic rings. The van der Waals surface area contributed by atoms with Crippen LogP contribution in [0.2, 0.25) is 0 Å². The van der Waals surface area contributed by atoms with Gasteiger partial charge in [0.05, 0.1) is 7.11 Å². The second-order valence-corrected chi connectivity index (χ2v) is 5.60. The van der Waals surface area contributed by atoms with E-state index in [1.165, 1.54) is 11.6 Å². The van der Waals surface area contributed by atoms with E-state index in [0.717, 1.165) is 30.7 Å². The van der Waals surface area contributed by atoms with Crippen molar-refractivity contribution in [2.24, 2.45) is 0 Å². The van der Waals surface area contributed by atoms with E-state index in [-0.39, 0.29) is 5.91 Å². The lowest BCUT2D eigenvalue weighted by molar-refractivity contribution is -0.114. The number of nitrogens with zero attached hydrogens (tertiary/aromatic N) is 2. The molecule has 0 bridgehead atoms. The number of benzene rings is 1. The van der Waals surface area contributed by atoms with E-state index in [1.807, 2.05) is 36.5 Å². The smallest absolute Gasteiger partial charge is 0.250 e. The van der Waals surface area contributed by atoms with Crippen LogP contribution >= 0.6 is 0 Å². The second-order valence-electron chi connectivity index (χ2n) is 5.60. The van der Waals surface area contributed by atoms with Gasteiger partial charge in [0.15, 0.2) is 0 Å². The van der Waals surface area contributed by atoms with E-state index in [1.54, 1.807) is 30.4 Å².